The van der Waals surface area contributed by atoms with E-state index in [-0.39, 0.29) is 48.5 Å². The van der Waals surface area contributed by atoms with Crippen LogP contribution in [0.1, 0.15) is 75.9 Å². The monoisotopic (exact) mass is 734 g/mol. The molecule has 4 aliphatic heterocycles. The van der Waals surface area contributed by atoms with E-state index in [0.717, 1.165) is 36.2 Å². The molecule has 12 nitrogen and oxygen atoms in total. The number of amides is 1. The number of carbonyl (C=O) groups is 1. The maximum absolute atomic E-state index is 14.3. The minimum atomic E-state index is -4.75. The molecular weight excluding hydrogens is 696 g/mol. The van der Waals surface area contributed by atoms with Gasteiger partial charge in [0, 0.05) is 49.9 Å². The van der Waals surface area contributed by atoms with Crippen LogP contribution in [0.4, 0.5) is 29.1 Å². The largest absolute Gasteiger partial charge is 0.461 e. The number of nitrogen functional groups attached to an aromatic ring is 1. The second-order valence-corrected chi connectivity index (χ2v) is 14.0. The van der Waals surface area contributed by atoms with Gasteiger partial charge in [0.15, 0.2) is 5.69 Å². The summed E-state index contributed by atoms with van der Waals surface area (Å²) >= 11 is 6.10. The number of nitrogens with two attached hydrogens (primary N) is 1. The molecule has 51 heavy (non-hydrogen) atoms. The first-order valence-corrected chi connectivity index (χ1v) is 17.2. The van der Waals surface area contributed by atoms with Crippen molar-refractivity contribution in [2.24, 2.45) is 0 Å². The summed E-state index contributed by atoms with van der Waals surface area (Å²) in [6.45, 7) is 4.76. The van der Waals surface area contributed by atoms with Crippen LogP contribution in [0.15, 0.2) is 24.0 Å². The number of nitrogens with zero attached hydrogens (tertiary/aromatic N) is 7. The summed E-state index contributed by atoms with van der Waals surface area (Å²) < 4.78 is 70.7. The van der Waals surface area contributed by atoms with E-state index < -0.39 is 28.4 Å². The standard InChI is InChI=1S/C34H39ClF4N8O4/c1-19-26-16-45(7-5-9-47(26)43-29(19)31(48)44(2)49-3)30-23-17-50-27(22-10-21(40)11-24(35)28(22)34(37,38)39)12-25(23)41-32(42-30)51-18-33-6-4-8-46(33)15-20(13-33)14-36/h10-11,14,27H,4-9,12-13,15-18,40H2,1-3H3/b20-14-/t27?,33-/m0/s1. The van der Waals surface area contributed by atoms with Crippen molar-refractivity contribution in [2.75, 3.05) is 51.0 Å². The molecule has 1 unspecified atom stereocenters. The van der Waals surface area contributed by atoms with Gasteiger partial charge in [-0.1, -0.05) is 11.6 Å². The van der Waals surface area contributed by atoms with Crippen molar-refractivity contribution in [2.45, 2.75) is 76.5 Å². The Morgan fingerprint density at radius 1 is 1.22 bits per heavy atom. The second kappa shape index (κ2) is 13.5. The zero-order valence-electron chi connectivity index (χ0n) is 28.5. The topological polar surface area (TPSA) is 124 Å². The van der Waals surface area contributed by atoms with Crippen LogP contribution in [0.5, 0.6) is 6.01 Å². The summed E-state index contributed by atoms with van der Waals surface area (Å²) in [7, 11) is 2.92. The number of ether oxygens (including phenoxy) is 2. The molecule has 4 aliphatic rings. The van der Waals surface area contributed by atoms with Gasteiger partial charge in [-0.15, -0.1) is 0 Å². The highest BCUT2D eigenvalue weighted by Crippen LogP contribution is 2.45. The fourth-order valence-corrected chi connectivity index (χ4v) is 8.21. The summed E-state index contributed by atoms with van der Waals surface area (Å²) in [6.07, 6.45) is -2.19. The molecule has 7 rings (SSSR count). The number of anilines is 2. The zero-order chi connectivity index (χ0) is 36.2. The highest BCUT2D eigenvalue weighted by atomic mass is 35.5. The van der Waals surface area contributed by atoms with E-state index in [0.29, 0.717) is 73.6 Å². The molecule has 0 saturated carbocycles. The van der Waals surface area contributed by atoms with Crippen molar-refractivity contribution in [3.8, 4) is 6.01 Å². The van der Waals surface area contributed by atoms with Gasteiger partial charge in [-0.25, -0.2) is 9.45 Å². The van der Waals surface area contributed by atoms with Crippen molar-refractivity contribution < 1.29 is 36.7 Å². The lowest BCUT2D eigenvalue weighted by molar-refractivity contribution is -0.139. The SMILES string of the molecule is CON(C)C(=O)c1nn2c(c1C)CN(c1nc(OC[C@@]34CCCN3C/C(=C\F)C4)nc3c1COC(c1cc(N)cc(Cl)c1C(F)(F)F)C3)CCC2. The zero-order valence-corrected chi connectivity index (χ0v) is 29.3. The molecule has 3 aromatic rings. The van der Waals surface area contributed by atoms with Gasteiger partial charge in [-0.2, -0.15) is 28.2 Å². The Kier molecular flexibility index (Phi) is 9.39. The third-order valence-corrected chi connectivity index (χ3v) is 10.8. The number of rotatable bonds is 7. The highest BCUT2D eigenvalue weighted by molar-refractivity contribution is 6.31. The number of aromatic nitrogens is 4. The van der Waals surface area contributed by atoms with Gasteiger partial charge < -0.3 is 20.1 Å². The third-order valence-electron chi connectivity index (χ3n) is 10.5. The molecule has 0 radical (unpaired) electrons. The fourth-order valence-electron chi connectivity index (χ4n) is 7.87. The van der Waals surface area contributed by atoms with Gasteiger partial charge in [0.25, 0.3) is 5.91 Å². The lowest BCUT2D eigenvalue weighted by Gasteiger charge is -2.33. The Morgan fingerprint density at radius 2 is 2.02 bits per heavy atom. The van der Waals surface area contributed by atoms with Gasteiger partial charge in [0.05, 0.1) is 60.2 Å². The molecule has 2 aromatic heterocycles. The molecule has 2 saturated heterocycles. The second-order valence-electron chi connectivity index (χ2n) is 13.6. The molecule has 2 fully saturated rings. The normalized spacial score (nSPS) is 22.9. The van der Waals surface area contributed by atoms with E-state index in [2.05, 4.69) is 10.00 Å². The number of benzene rings is 1. The number of alkyl halides is 3. The number of hydrogen-bond donors (Lipinski definition) is 1. The molecule has 6 heterocycles. The van der Waals surface area contributed by atoms with Gasteiger partial charge in [-0.05, 0) is 62.4 Å². The smallest absolute Gasteiger partial charge is 0.418 e. The molecule has 0 bridgehead atoms. The van der Waals surface area contributed by atoms with E-state index in [1.807, 2.05) is 16.5 Å². The van der Waals surface area contributed by atoms with Crippen molar-refractivity contribution in [3.63, 3.8) is 0 Å². The Labute approximate surface area is 297 Å². The molecular formula is C34H39ClF4N8O4. The summed E-state index contributed by atoms with van der Waals surface area (Å²) in [5.74, 6) is 0.136. The van der Waals surface area contributed by atoms with Crippen LogP contribution in [0.25, 0.3) is 0 Å². The van der Waals surface area contributed by atoms with Gasteiger partial charge in [0.1, 0.15) is 12.4 Å². The average molecular weight is 735 g/mol. The number of fused-ring (bicyclic) bond motifs is 3. The fraction of sp³-hybridized carbons (Fsp3) is 0.529. The highest BCUT2D eigenvalue weighted by Gasteiger charge is 2.47. The molecule has 1 amide bonds. The van der Waals surface area contributed by atoms with Crippen LogP contribution in [0.2, 0.25) is 5.02 Å². The van der Waals surface area contributed by atoms with Gasteiger partial charge in [-0.3, -0.25) is 19.2 Å². The lowest BCUT2D eigenvalue weighted by Crippen LogP contribution is -2.43. The van der Waals surface area contributed by atoms with E-state index >= 15 is 0 Å². The van der Waals surface area contributed by atoms with Crippen molar-refractivity contribution in [1.29, 1.82) is 0 Å². The maximum Gasteiger partial charge on any atom is 0.418 e. The molecule has 2 N–H and O–H groups in total. The minimum absolute atomic E-state index is 0.0249. The number of hydroxylamine groups is 2. The Hall–Kier alpha value is -3.99. The Balaban J connectivity index is 1.26. The number of hydrogen-bond acceptors (Lipinski definition) is 10. The molecule has 274 valence electrons. The van der Waals surface area contributed by atoms with E-state index in [9.17, 15) is 22.4 Å². The molecule has 1 aromatic carbocycles. The van der Waals surface area contributed by atoms with Gasteiger partial charge in [0.2, 0.25) is 0 Å². The summed E-state index contributed by atoms with van der Waals surface area (Å²) in [4.78, 5) is 32.0. The third kappa shape index (κ3) is 6.51. The van der Waals surface area contributed by atoms with Crippen LogP contribution in [0, 0.1) is 6.92 Å². The summed E-state index contributed by atoms with van der Waals surface area (Å²) in [5.41, 5.74) is 8.05. The van der Waals surface area contributed by atoms with Crippen molar-refractivity contribution in [3.05, 3.63) is 68.4 Å². The first-order chi connectivity index (χ1) is 24.3. The Bertz CT molecular complexity index is 1890. The lowest BCUT2D eigenvalue weighted by atomic mass is 9.94. The van der Waals surface area contributed by atoms with Crippen LogP contribution in [-0.2, 0) is 41.9 Å². The van der Waals surface area contributed by atoms with Crippen LogP contribution >= 0.6 is 11.6 Å². The predicted molar refractivity (Wildman–Crippen MR) is 179 cm³/mol. The molecule has 17 heteroatoms. The number of halogens is 5. The number of carbonyl (C=O) groups excluding carboxylic acids is 1. The molecule has 0 aliphatic carbocycles. The first-order valence-electron chi connectivity index (χ1n) is 16.8. The van der Waals surface area contributed by atoms with Crippen molar-refractivity contribution >= 4 is 29.0 Å². The van der Waals surface area contributed by atoms with E-state index in [4.69, 9.17) is 41.6 Å². The van der Waals surface area contributed by atoms with E-state index in [1.54, 1.807) is 0 Å². The van der Waals surface area contributed by atoms with Crippen LogP contribution < -0.4 is 15.4 Å². The summed E-state index contributed by atoms with van der Waals surface area (Å²) in [5, 5.41) is 5.21. The molecule has 0 spiro atoms. The van der Waals surface area contributed by atoms with Gasteiger partial charge >= 0.3 is 12.2 Å². The van der Waals surface area contributed by atoms with E-state index in [1.165, 1.54) is 20.2 Å². The van der Waals surface area contributed by atoms with Crippen molar-refractivity contribution in [1.82, 2.24) is 29.7 Å². The number of aryl methyl sites for hydroxylation is 1. The predicted octanol–water partition coefficient (Wildman–Crippen LogP) is 5.56. The first kappa shape index (κ1) is 35.4. The van der Waals surface area contributed by atoms with Crippen LogP contribution in [-0.4, -0.2) is 81.6 Å². The summed E-state index contributed by atoms with van der Waals surface area (Å²) in [6, 6.07) is 2.39. The quantitative estimate of drug-likeness (QED) is 0.187. The minimum Gasteiger partial charge on any atom is -0.461 e. The van der Waals surface area contributed by atoms with Crippen LogP contribution in [0.3, 0.4) is 0 Å². The maximum atomic E-state index is 14.3. The Morgan fingerprint density at radius 3 is 2.76 bits per heavy atom. The average Bonchev–Trinajstić information content (AvgIpc) is 3.69. The molecule has 2 atom stereocenters.